The van der Waals surface area contributed by atoms with Gasteiger partial charge in [0.25, 0.3) is 5.69 Å². The van der Waals surface area contributed by atoms with E-state index in [1.54, 1.807) is 13.0 Å². The Morgan fingerprint density at radius 3 is 2.59 bits per heavy atom. The molecule has 0 saturated heterocycles. The van der Waals surface area contributed by atoms with Crippen LogP contribution >= 0.6 is 12.6 Å². The third-order valence-electron chi connectivity index (χ3n) is 2.16. The van der Waals surface area contributed by atoms with Gasteiger partial charge in [-0.05, 0) is 6.07 Å². The molecule has 2 atom stereocenters. The minimum atomic E-state index is -1.11. The predicted molar refractivity (Wildman–Crippen MR) is 66.6 cm³/mol. The van der Waals surface area contributed by atoms with E-state index in [0.717, 1.165) is 0 Å². The number of anilines is 1. The van der Waals surface area contributed by atoms with Crippen LogP contribution in [0.15, 0.2) is 24.3 Å². The number of nitro benzene ring substituents is 1. The van der Waals surface area contributed by atoms with Crippen molar-refractivity contribution in [3.8, 4) is 0 Å². The number of aliphatic carboxylic acids is 1. The van der Waals surface area contributed by atoms with Crippen molar-refractivity contribution >= 4 is 30.0 Å². The van der Waals surface area contributed by atoms with Gasteiger partial charge in [0.05, 0.1) is 4.92 Å². The molecular weight excluding hydrogens is 244 g/mol. The molecule has 0 aromatic heterocycles. The summed E-state index contributed by atoms with van der Waals surface area (Å²) in [6.07, 6.45) is 0. The number of thiol groups is 1. The number of para-hydroxylation sites is 2. The first-order valence-corrected chi connectivity index (χ1v) is 5.36. The Morgan fingerprint density at radius 2 is 2.12 bits per heavy atom. The SMILES string of the molecule is C[C@@H](S)[C@H](Nc1ccccc1[N+](=O)[O-])C(=O)O. The van der Waals surface area contributed by atoms with Gasteiger partial charge in [0.1, 0.15) is 11.7 Å². The number of benzene rings is 1. The van der Waals surface area contributed by atoms with Crippen LogP contribution in [0.3, 0.4) is 0 Å². The summed E-state index contributed by atoms with van der Waals surface area (Å²) in [5.74, 6) is -1.11. The molecule has 2 N–H and O–H groups in total. The lowest BCUT2D eigenvalue weighted by Crippen LogP contribution is -2.36. The van der Waals surface area contributed by atoms with Crippen molar-refractivity contribution in [2.24, 2.45) is 0 Å². The van der Waals surface area contributed by atoms with E-state index in [9.17, 15) is 14.9 Å². The van der Waals surface area contributed by atoms with Crippen molar-refractivity contribution in [3.63, 3.8) is 0 Å². The number of hydrogen-bond donors (Lipinski definition) is 3. The number of carbonyl (C=O) groups is 1. The molecule has 0 amide bonds. The van der Waals surface area contributed by atoms with E-state index in [1.165, 1.54) is 18.2 Å². The first kappa shape index (κ1) is 13.3. The maximum absolute atomic E-state index is 10.9. The summed E-state index contributed by atoms with van der Waals surface area (Å²) in [6, 6.07) is 4.90. The first-order chi connectivity index (χ1) is 7.93. The predicted octanol–water partition coefficient (Wildman–Crippen LogP) is 1.78. The fraction of sp³-hybridized carbons (Fsp3) is 0.300. The highest BCUT2D eigenvalue weighted by Gasteiger charge is 2.24. The highest BCUT2D eigenvalue weighted by molar-refractivity contribution is 7.81. The summed E-state index contributed by atoms with van der Waals surface area (Å²) in [5.41, 5.74) is 0.0125. The second kappa shape index (κ2) is 5.53. The number of hydrogen-bond acceptors (Lipinski definition) is 5. The average Bonchev–Trinajstić information content (AvgIpc) is 2.25. The van der Waals surface area contributed by atoms with E-state index >= 15 is 0 Å². The van der Waals surface area contributed by atoms with E-state index in [2.05, 4.69) is 17.9 Å². The lowest BCUT2D eigenvalue weighted by molar-refractivity contribution is -0.384. The molecular formula is C10H12N2O4S. The molecule has 0 aliphatic rings. The van der Waals surface area contributed by atoms with Crippen LogP contribution in [0.2, 0.25) is 0 Å². The van der Waals surface area contributed by atoms with Crippen LogP contribution in [-0.2, 0) is 4.79 Å². The number of nitro groups is 1. The van der Waals surface area contributed by atoms with Gasteiger partial charge in [-0.15, -0.1) is 0 Å². The van der Waals surface area contributed by atoms with Crippen LogP contribution in [0, 0.1) is 10.1 Å². The molecule has 0 saturated carbocycles. The number of nitrogens with one attached hydrogen (secondary N) is 1. The number of rotatable bonds is 5. The van der Waals surface area contributed by atoms with E-state index in [-0.39, 0.29) is 11.4 Å². The summed E-state index contributed by atoms with van der Waals surface area (Å²) < 4.78 is 0. The van der Waals surface area contributed by atoms with Crippen molar-refractivity contribution in [3.05, 3.63) is 34.4 Å². The van der Waals surface area contributed by atoms with Crippen molar-refractivity contribution < 1.29 is 14.8 Å². The molecule has 17 heavy (non-hydrogen) atoms. The third-order valence-corrected chi connectivity index (χ3v) is 2.46. The Morgan fingerprint density at radius 1 is 1.53 bits per heavy atom. The largest absolute Gasteiger partial charge is 0.480 e. The lowest BCUT2D eigenvalue weighted by atomic mass is 10.2. The van der Waals surface area contributed by atoms with Gasteiger partial charge in [0, 0.05) is 11.3 Å². The zero-order valence-corrected chi connectivity index (χ0v) is 9.92. The molecule has 0 aliphatic heterocycles. The molecule has 1 aromatic carbocycles. The maximum Gasteiger partial charge on any atom is 0.327 e. The van der Waals surface area contributed by atoms with Crippen molar-refractivity contribution in [2.45, 2.75) is 18.2 Å². The number of carboxylic acid groups (broad SMARTS) is 1. The van der Waals surface area contributed by atoms with Gasteiger partial charge in [-0.2, -0.15) is 12.6 Å². The molecule has 0 fully saturated rings. The van der Waals surface area contributed by atoms with Gasteiger partial charge in [0.15, 0.2) is 0 Å². The van der Waals surface area contributed by atoms with Crippen LogP contribution in [-0.4, -0.2) is 27.3 Å². The second-order valence-corrected chi connectivity index (χ2v) is 4.29. The molecule has 0 heterocycles. The third kappa shape index (κ3) is 3.35. The molecule has 0 spiro atoms. The van der Waals surface area contributed by atoms with Crippen LogP contribution in [0.4, 0.5) is 11.4 Å². The van der Waals surface area contributed by atoms with E-state index < -0.39 is 22.2 Å². The van der Waals surface area contributed by atoms with Gasteiger partial charge in [-0.1, -0.05) is 19.1 Å². The zero-order valence-electron chi connectivity index (χ0n) is 9.03. The Bertz CT molecular complexity index is 436. The highest BCUT2D eigenvalue weighted by Crippen LogP contribution is 2.24. The molecule has 1 rings (SSSR count). The number of nitrogens with zero attached hydrogens (tertiary/aromatic N) is 1. The van der Waals surface area contributed by atoms with Gasteiger partial charge in [-0.3, -0.25) is 10.1 Å². The van der Waals surface area contributed by atoms with Gasteiger partial charge < -0.3 is 10.4 Å². The molecule has 0 radical (unpaired) electrons. The van der Waals surface area contributed by atoms with E-state index in [4.69, 9.17) is 5.11 Å². The minimum Gasteiger partial charge on any atom is -0.480 e. The molecule has 7 heteroatoms. The molecule has 6 nitrogen and oxygen atoms in total. The van der Waals surface area contributed by atoms with Crippen LogP contribution in [0.25, 0.3) is 0 Å². The Labute approximate surface area is 103 Å². The summed E-state index contributed by atoms with van der Waals surface area (Å²) >= 11 is 4.04. The topological polar surface area (TPSA) is 92.5 Å². The second-order valence-electron chi connectivity index (χ2n) is 3.48. The number of carboxylic acids is 1. The highest BCUT2D eigenvalue weighted by atomic mass is 32.1. The van der Waals surface area contributed by atoms with Crippen LogP contribution in [0.5, 0.6) is 0 Å². The molecule has 0 aliphatic carbocycles. The molecule has 0 bridgehead atoms. The zero-order chi connectivity index (χ0) is 13.0. The summed E-state index contributed by atoms with van der Waals surface area (Å²) in [4.78, 5) is 21.1. The fourth-order valence-corrected chi connectivity index (χ4v) is 1.51. The van der Waals surface area contributed by atoms with E-state index in [1.807, 2.05) is 0 Å². The van der Waals surface area contributed by atoms with Crippen LogP contribution < -0.4 is 5.32 Å². The van der Waals surface area contributed by atoms with Crippen molar-refractivity contribution in [2.75, 3.05) is 5.32 Å². The Balaban J connectivity index is 3.01. The summed E-state index contributed by atoms with van der Waals surface area (Å²) in [5, 5.41) is 21.8. The van der Waals surface area contributed by atoms with Gasteiger partial charge in [0.2, 0.25) is 0 Å². The monoisotopic (exact) mass is 256 g/mol. The lowest BCUT2D eigenvalue weighted by Gasteiger charge is -2.18. The average molecular weight is 256 g/mol. The van der Waals surface area contributed by atoms with Crippen molar-refractivity contribution in [1.29, 1.82) is 0 Å². The Kier molecular flexibility index (Phi) is 4.33. The quantitative estimate of drug-likeness (QED) is 0.424. The van der Waals surface area contributed by atoms with Crippen LogP contribution in [0.1, 0.15) is 6.92 Å². The van der Waals surface area contributed by atoms with Gasteiger partial charge >= 0.3 is 5.97 Å². The fourth-order valence-electron chi connectivity index (χ4n) is 1.31. The first-order valence-electron chi connectivity index (χ1n) is 4.84. The Hall–Kier alpha value is -1.76. The molecule has 0 unspecified atom stereocenters. The van der Waals surface area contributed by atoms with Crippen molar-refractivity contribution in [1.82, 2.24) is 0 Å². The van der Waals surface area contributed by atoms with Gasteiger partial charge in [-0.25, -0.2) is 4.79 Å². The normalized spacial score (nSPS) is 13.8. The maximum atomic E-state index is 10.9. The summed E-state index contributed by atoms with van der Waals surface area (Å²) in [7, 11) is 0. The standard InChI is InChI=1S/C10H12N2O4S/c1-6(17)9(10(13)14)11-7-4-2-3-5-8(7)12(15)16/h2-6,9,11,17H,1H3,(H,13,14)/t6-,9+/m1/s1. The molecule has 92 valence electrons. The summed E-state index contributed by atoms with van der Waals surface area (Å²) in [6.45, 7) is 1.60. The minimum absolute atomic E-state index is 0.160. The van der Waals surface area contributed by atoms with E-state index in [0.29, 0.717) is 0 Å². The smallest absolute Gasteiger partial charge is 0.327 e. The molecule has 1 aromatic rings.